The maximum absolute atomic E-state index is 12.0. The Morgan fingerprint density at radius 3 is 3.00 bits per heavy atom. The van der Waals surface area contributed by atoms with E-state index in [9.17, 15) is 4.79 Å². The summed E-state index contributed by atoms with van der Waals surface area (Å²) in [4.78, 5) is 12.0. The molecule has 0 radical (unpaired) electrons. The van der Waals surface area contributed by atoms with Crippen LogP contribution in [-0.2, 0) is 14.3 Å². The minimum Gasteiger partial charge on any atom is -0.462 e. The summed E-state index contributed by atoms with van der Waals surface area (Å²) in [5.41, 5.74) is 0. The predicted molar refractivity (Wildman–Crippen MR) is 81.8 cm³/mol. The topological polar surface area (TPSA) is 38.8 Å². The molecule has 2 aliphatic heterocycles. The number of hydrogen-bond acceptors (Lipinski definition) is 3. The largest absolute Gasteiger partial charge is 0.462 e. The highest BCUT2D eigenvalue weighted by Crippen LogP contribution is 2.49. The van der Waals surface area contributed by atoms with Crippen LogP contribution in [0.5, 0.6) is 0 Å². The van der Waals surface area contributed by atoms with Crippen LogP contribution in [0.15, 0.2) is 24.3 Å². The fraction of sp³-hybridized carbons (Fsp3) is 0.722. The maximum atomic E-state index is 12.0. The first kappa shape index (κ1) is 14.8. The van der Waals surface area contributed by atoms with Crippen molar-refractivity contribution in [1.29, 1.82) is 0 Å². The van der Waals surface area contributed by atoms with Gasteiger partial charge in [-0.3, -0.25) is 4.79 Å². The first-order valence-corrected chi connectivity index (χ1v) is 8.46. The van der Waals surface area contributed by atoms with Gasteiger partial charge in [0, 0.05) is 18.3 Å². The molecule has 0 spiro atoms. The number of carbonyl (C=O) groups excluding carboxylic acids is 1. The monoisotopic (exact) mass is 290 g/mol. The third kappa shape index (κ3) is 3.57. The average molecular weight is 290 g/mol. The summed E-state index contributed by atoms with van der Waals surface area (Å²) >= 11 is 0. The van der Waals surface area contributed by atoms with Crippen molar-refractivity contribution in [3.63, 3.8) is 0 Å². The summed E-state index contributed by atoms with van der Waals surface area (Å²) in [6.07, 6.45) is 16.4. The average Bonchev–Trinajstić information content (AvgIpc) is 3.16. The van der Waals surface area contributed by atoms with Crippen molar-refractivity contribution in [3.8, 4) is 0 Å². The first-order valence-electron chi connectivity index (χ1n) is 8.46. The second-order valence-electron chi connectivity index (χ2n) is 6.43. The lowest BCUT2D eigenvalue weighted by Crippen LogP contribution is -2.31. The third-order valence-corrected chi connectivity index (χ3v) is 4.96. The lowest BCUT2D eigenvalue weighted by atomic mass is 9.87. The number of carbonyl (C=O) groups is 1. The second-order valence-corrected chi connectivity index (χ2v) is 6.43. The molecule has 2 fully saturated rings. The lowest BCUT2D eigenvalue weighted by molar-refractivity contribution is -0.153. The fourth-order valence-corrected chi connectivity index (χ4v) is 3.77. The molecule has 1 saturated carbocycles. The number of fused-ring (bicyclic) bond motifs is 3. The van der Waals surface area contributed by atoms with E-state index in [1.807, 2.05) is 0 Å². The van der Waals surface area contributed by atoms with Crippen LogP contribution in [0.3, 0.4) is 0 Å². The predicted octanol–water partition coefficient (Wildman–Crippen LogP) is 3.79. The highest BCUT2D eigenvalue weighted by molar-refractivity contribution is 5.69. The molecule has 0 N–H and O–H groups in total. The lowest BCUT2D eigenvalue weighted by Gasteiger charge is -2.28. The molecule has 3 nitrogen and oxygen atoms in total. The molecular weight excluding hydrogens is 264 g/mol. The smallest absolute Gasteiger partial charge is 0.306 e. The summed E-state index contributed by atoms with van der Waals surface area (Å²) in [7, 11) is 0. The third-order valence-electron chi connectivity index (χ3n) is 4.96. The Kier molecular flexibility index (Phi) is 4.79. The van der Waals surface area contributed by atoms with Gasteiger partial charge in [0.1, 0.15) is 6.10 Å². The summed E-state index contributed by atoms with van der Waals surface area (Å²) < 4.78 is 11.5. The maximum Gasteiger partial charge on any atom is 0.306 e. The van der Waals surface area contributed by atoms with Crippen LogP contribution in [0.2, 0.25) is 0 Å². The summed E-state index contributed by atoms with van der Waals surface area (Å²) in [6.45, 7) is 2.12. The van der Waals surface area contributed by atoms with Crippen LogP contribution in [0, 0.1) is 11.8 Å². The van der Waals surface area contributed by atoms with Gasteiger partial charge < -0.3 is 9.47 Å². The summed E-state index contributed by atoms with van der Waals surface area (Å²) in [6, 6.07) is 0. The van der Waals surface area contributed by atoms with Gasteiger partial charge in [0.2, 0.25) is 0 Å². The molecular formula is C18H26O3. The van der Waals surface area contributed by atoms with Gasteiger partial charge >= 0.3 is 5.97 Å². The van der Waals surface area contributed by atoms with Gasteiger partial charge in [-0.05, 0) is 38.5 Å². The Morgan fingerprint density at radius 2 is 2.14 bits per heavy atom. The van der Waals surface area contributed by atoms with Gasteiger partial charge in [0.05, 0.1) is 12.2 Å². The van der Waals surface area contributed by atoms with Crippen LogP contribution < -0.4 is 0 Å². The van der Waals surface area contributed by atoms with Crippen molar-refractivity contribution in [3.05, 3.63) is 24.3 Å². The number of allylic oxidation sites excluding steroid dienone is 3. The van der Waals surface area contributed by atoms with E-state index in [1.54, 1.807) is 0 Å². The molecule has 21 heavy (non-hydrogen) atoms. The molecule has 3 rings (SSSR count). The van der Waals surface area contributed by atoms with Crippen LogP contribution in [-0.4, -0.2) is 24.3 Å². The second kappa shape index (κ2) is 6.78. The van der Waals surface area contributed by atoms with E-state index >= 15 is 0 Å². The Hall–Kier alpha value is -1.09. The van der Waals surface area contributed by atoms with E-state index in [-0.39, 0.29) is 12.1 Å². The summed E-state index contributed by atoms with van der Waals surface area (Å²) in [5.74, 6) is 0.835. The number of esters is 1. The standard InChI is InChI=1S/C18H26O3/c1-2-15-14-12-16-18(21-16)13(14)10-8-6-4-3-5-7-9-11-17(19)20-15/h3-4,8,10,13-16,18H,2,5-7,9,11-12H2,1H3/b4-3+,10-8+. The molecule has 1 aliphatic carbocycles. The zero-order valence-corrected chi connectivity index (χ0v) is 12.9. The van der Waals surface area contributed by atoms with Crippen LogP contribution >= 0.6 is 0 Å². The SMILES string of the molecule is CCC1OC(=O)CCCC/C=C/C/C=C/C2C1CC1OC12. The highest BCUT2D eigenvalue weighted by atomic mass is 16.6. The summed E-state index contributed by atoms with van der Waals surface area (Å²) in [5, 5.41) is 0. The minimum atomic E-state index is -0.0212. The Balaban J connectivity index is 1.72. The zero-order valence-electron chi connectivity index (χ0n) is 12.9. The number of cyclic esters (lactones) is 1. The van der Waals surface area contributed by atoms with Gasteiger partial charge in [-0.15, -0.1) is 0 Å². The van der Waals surface area contributed by atoms with Gasteiger partial charge in [-0.25, -0.2) is 0 Å². The van der Waals surface area contributed by atoms with Crippen molar-refractivity contribution in [2.24, 2.45) is 11.8 Å². The van der Waals surface area contributed by atoms with Crippen molar-refractivity contribution >= 4 is 5.97 Å². The van der Waals surface area contributed by atoms with Crippen molar-refractivity contribution in [2.75, 3.05) is 0 Å². The van der Waals surface area contributed by atoms with E-state index in [4.69, 9.17) is 9.47 Å². The van der Waals surface area contributed by atoms with Gasteiger partial charge in [0.25, 0.3) is 0 Å². The van der Waals surface area contributed by atoms with E-state index in [1.165, 1.54) is 0 Å². The van der Waals surface area contributed by atoms with Crippen molar-refractivity contribution in [1.82, 2.24) is 0 Å². The van der Waals surface area contributed by atoms with E-state index in [0.29, 0.717) is 30.5 Å². The zero-order chi connectivity index (χ0) is 14.7. The Bertz CT molecular complexity index is 426. The molecule has 1 saturated heterocycles. The number of hydrogen-bond donors (Lipinski definition) is 0. The molecule has 2 heterocycles. The molecule has 5 unspecified atom stereocenters. The quantitative estimate of drug-likeness (QED) is 0.419. The molecule has 3 aliphatic rings. The molecule has 0 bridgehead atoms. The number of rotatable bonds is 1. The first-order chi connectivity index (χ1) is 10.3. The molecule has 116 valence electrons. The molecule has 0 aromatic carbocycles. The van der Waals surface area contributed by atoms with Crippen molar-refractivity contribution < 1.29 is 14.3 Å². The number of ether oxygens (including phenoxy) is 2. The van der Waals surface area contributed by atoms with Crippen LogP contribution in [0.4, 0.5) is 0 Å². The van der Waals surface area contributed by atoms with Crippen LogP contribution in [0.25, 0.3) is 0 Å². The van der Waals surface area contributed by atoms with E-state index < -0.39 is 0 Å². The van der Waals surface area contributed by atoms with Gasteiger partial charge in [-0.1, -0.05) is 31.2 Å². The van der Waals surface area contributed by atoms with Crippen molar-refractivity contribution in [2.45, 2.75) is 70.2 Å². The highest BCUT2D eigenvalue weighted by Gasteiger charge is 2.56. The molecule has 3 heteroatoms. The van der Waals surface area contributed by atoms with Gasteiger partial charge in [-0.2, -0.15) is 0 Å². The Labute approximate surface area is 127 Å². The Morgan fingerprint density at radius 1 is 1.24 bits per heavy atom. The van der Waals surface area contributed by atoms with Gasteiger partial charge in [0.15, 0.2) is 0 Å². The van der Waals surface area contributed by atoms with E-state index in [2.05, 4.69) is 31.2 Å². The molecule has 0 amide bonds. The fourth-order valence-electron chi connectivity index (χ4n) is 3.77. The van der Waals surface area contributed by atoms with Crippen LogP contribution in [0.1, 0.15) is 51.9 Å². The number of epoxide rings is 1. The minimum absolute atomic E-state index is 0.0212. The molecule has 0 aromatic heterocycles. The molecule has 0 aromatic rings. The molecule has 5 atom stereocenters. The van der Waals surface area contributed by atoms with E-state index in [0.717, 1.165) is 38.5 Å². The normalized spacial score (nSPS) is 43.1.